The van der Waals surface area contributed by atoms with Gasteiger partial charge in [-0.2, -0.15) is 0 Å². The summed E-state index contributed by atoms with van der Waals surface area (Å²) in [6.45, 7) is 4.37. The number of aromatic nitrogens is 3. The Morgan fingerprint density at radius 2 is 1.90 bits per heavy atom. The van der Waals surface area contributed by atoms with Crippen LogP contribution in [0.15, 0.2) is 47.6 Å². The summed E-state index contributed by atoms with van der Waals surface area (Å²) in [5.41, 5.74) is 2.05. The van der Waals surface area contributed by atoms with E-state index in [1.807, 2.05) is 40.9 Å². The molecule has 8 heteroatoms. The number of fused-ring (bicyclic) bond motifs is 1. The number of rotatable bonds is 10. The molecule has 0 amide bonds. The summed E-state index contributed by atoms with van der Waals surface area (Å²) in [7, 11) is 3.29. The van der Waals surface area contributed by atoms with Crippen LogP contribution in [-0.4, -0.2) is 54.4 Å². The second-order valence-corrected chi connectivity index (χ2v) is 6.78. The molecule has 8 nitrogen and oxygen atoms in total. The first kappa shape index (κ1) is 21.4. The first-order chi connectivity index (χ1) is 14.7. The van der Waals surface area contributed by atoms with E-state index in [0.717, 1.165) is 61.3 Å². The fraction of sp³-hybridized carbons (Fsp3) is 0.409. The molecule has 2 heterocycles. The molecule has 0 radical (unpaired) electrons. The molecular formula is C22H30N6O2. The van der Waals surface area contributed by atoms with Gasteiger partial charge >= 0.3 is 0 Å². The fourth-order valence-electron chi connectivity index (χ4n) is 3.19. The molecule has 0 fully saturated rings. The molecule has 0 atom stereocenters. The molecule has 0 bridgehead atoms. The monoisotopic (exact) mass is 410 g/mol. The fourth-order valence-corrected chi connectivity index (χ4v) is 3.19. The summed E-state index contributed by atoms with van der Waals surface area (Å²) in [5.74, 6) is 3.28. The Bertz CT molecular complexity index is 969. The lowest BCUT2D eigenvalue weighted by molar-refractivity contribution is 0.354. The minimum atomic E-state index is 0.716. The minimum Gasteiger partial charge on any atom is -0.493 e. The van der Waals surface area contributed by atoms with Gasteiger partial charge in [-0.25, -0.2) is 0 Å². The lowest BCUT2D eigenvalue weighted by atomic mass is 10.1. The second-order valence-electron chi connectivity index (χ2n) is 6.78. The molecular weight excluding hydrogens is 380 g/mol. The van der Waals surface area contributed by atoms with E-state index >= 15 is 0 Å². The molecule has 0 aliphatic heterocycles. The number of hydrogen-bond donors (Lipinski definition) is 2. The standard InChI is InChI=1S/C22H30N6O2/c1-4-23-22(25-14-12-17-10-11-18(29-2)19(16-17)30-3)24-13-7-9-21-27-26-20-8-5-6-15-28(20)21/h5-6,8,10-11,15-16H,4,7,9,12-14H2,1-3H3,(H2,23,24,25). The highest BCUT2D eigenvalue weighted by atomic mass is 16.5. The van der Waals surface area contributed by atoms with Crippen molar-refractivity contribution < 1.29 is 9.47 Å². The Morgan fingerprint density at radius 1 is 1.03 bits per heavy atom. The van der Waals surface area contributed by atoms with Gasteiger partial charge in [0.2, 0.25) is 0 Å². The third kappa shape index (κ3) is 5.62. The Balaban J connectivity index is 1.48. The molecule has 3 rings (SSSR count). The van der Waals surface area contributed by atoms with Gasteiger partial charge in [0.15, 0.2) is 23.1 Å². The summed E-state index contributed by atoms with van der Waals surface area (Å²) in [5, 5.41) is 15.1. The number of hydrogen-bond acceptors (Lipinski definition) is 5. The van der Waals surface area contributed by atoms with E-state index in [1.54, 1.807) is 14.2 Å². The maximum absolute atomic E-state index is 5.37. The molecule has 0 saturated carbocycles. The average Bonchev–Trinajstić information content (AvgIpc) is 3.19. The molecule has 0 saturated heterocycles. The number of benzene rings is 1. The molecule has 3 aromatic rings. The second kappa shape index (κ2) is 11.0. The van der Waals surface area contributed by atoms with Crippen LogP contribution in [0.1, 0.15) is 24.7 Å². The number of ether oxygens (including phenoxy) is 2. The minimum absolute atomic E-state index is 0.716. The van der Waals surface area contributed by atoms with Crippen LogP contribution >= 0.6 is 0 Å². The van der Waals surface area contributed by atoms with Crippen molar-refractivity contribution in [1.29, 1.82) is 0 Å². The SMILES string of the molecule is CCNC(=NCCCc1nnc2ccccn12)NCCc1ccc(OC)c(OC)c1. The normalized spacial score (nSPS) is 11.5. The van der Waals surface area contributed by atoms with Gasteiger partial charge in [0.1, 0.15) is 5.82 Å². The van der Waals surface area contributed by atoms with Crippen molar-refractivity contribution in [2.24, 2.45) is 4.99 Å². The number of pyridine rings is 1. The van der Waals surface area contributed by atoms with Gasteiger partial charge in [-0.1, -0.05) is 12.1 Å². The van der Waals surface area contributed by atoms with Crippen LogP contribution < -0.4 is 20.1 Å². The van der Waals surface area contributed by atoms with Crippen molar-refractivity contribution >= 4 is 11.6 Å². The van der Waals surface area contributed by atoms with E-state index < -0.39 is 0 Å². The van der Waals surface area contributed by atoms with E-state index in [9.17, 15) is 0 Å². The van der Waals surface area contributed by atoms with Crippen LogP contribution in [-0.2, 0) is 12.8 Å². The summed E-state index contributed by atoms with van der Waals surface area (Å²) < 4.78 is 12.7. The van der Waals surface area contributed by atoms with E-state index in [-0.39, 0.29) is 0 Å². The van der Waals surface area contributed by atoms with Gasteiger partial charge in [0.05, 0.1) is 14.2 Å². The van der Waals surface area contributed by atoms with Crippen LogP contribution in [0.5, 0.6) is 11.5 Å². The van der Waals surface area contributed by atoms with Crippen molar-refractivity contribution in [3.63, 3.8) is 0 Å². The number of guanidine groups is 1. The van der Waals surface area contributed by atoms with E-state index in [4.69, 9.17) is 9.47 Å². The van der Waals surface area contributed by atoms with Crippen molar-refractivity contribution in [1.82, 2.24) is 25.2 Å². The number of aryl methyl sites for hydroxylation is 1. The van der Waals surface area contributed by atoms with Crippen LogP contribution in [0.3, 0.4) is 0 Å². The smallest absolute Gasteiger partial charge is 0.191 e. The molecule has 0 unspecified atom stereocenters. The third-order valence-corrected chi connectivity index (χ3v) is 4.71. The lowest BCUT2D eigenvalue weighted by Crippen LogP contribution is -2.38. The molecule has 2 N–H and O–H groups in total. The topological polar surface area (TPSA) is 85.1 Å². The first-order valence-corrected chi connectivity index (χ1v) is 10.3. The number of nitrogens with one attached hydrogen (secondary N) is 2. The predicted octanol–water partition coefficient (Wildman–Crippen LogP) is 2.48. The number of nitrogens with zero attached hydrogens (tertiary/aromatic N) is 4. The van der Waals surface area contributed by atoms with Crippen molar-refractivity contribution in [3.8, 4) is 11.5 Å². The Hall–Kier alpha value is -3.29. The number of aliphatic imine (C=N–C) groups is 1. The lowest BCUT2D eigenvalue weighted by Gasteiger charge is -2.12. The van der Waals surface area contributed by atoms with E-state index in [1.165, 1.54) is 5.56 Å². The van der Waals surface area contributed by atoms with Crippen molar-refractivity contribution in [3.05, 3.63) is 54.0 Å². The maximum Gasteiger partial charge on any atom is 0.191 e. The largest absolute Gasteiger partial charge is 0.493 e. The molecule has 30 heavy (non-hydrogen) atoms. The molecule has 1 aromatic carbocycles. The van der Waals surface area contributed by atoms with Gasteiger partial charge < -0.3 is 20.1 Å². The highest BCUT2D eigenvalue weighted by Crippen LogP contribution is 2.27. The predicted molar refractivity (Wildman–Crippen MR) is 119 cm³/mol. The first-order valence-electron chi connectivity index (χ1n) is 10.3. The highest BCUT2D eigenvalue weighted by molar-refractivity contribution is 5.79. The van der Waals surface area contributed by atoms with Crippen molar-refractivity contribution in [2.75, 3.05) is 33.9 Å². The zero-order valence-corrected chi connectivity index (χ0v) is 17.9. The Labute approximate surface area is 177 Å². The number of methoxy groups -OCH3 is 2. The molecule has 0 aliphatic rings. The summed E-state index contributed by atoms with van der Waals surface area (Å²) in [4.78, 5) is 4.68. The maximum atomic E-state index is 5.37. The highest BCUT2D eigenvalue weighted by Gasteiger charge is 2.06. The molecule has 2 aromatic heterocycles. The van der Waals surface area contributed by atoms with Crippen LogP contribution in [0, 0.1) is 0 Å². The van der Waals surface area contributed by atoms with Crippen LogP contribution in [0.4, 0.5) is 0 Å². The summed E-state index contributed by atoms with van der Waals surface area (Å²) >= 11 is 0. The zero-order valence-electron chi connectivity index (χ0n) is 17.9. The molecule has 0 spiro atoms. The Kier molecular flexibility index (Phi) is 7.88. The third-order valence-electron chi connectivity index (χ3n) is 4.71. The zero-order chi connectivity index (χ0) is 21.2. The summed E-state index contributed by atoms with van der Waals surface area (Å²) in [6.07, 6.45) is 4.59. The average molecular weight is 411 g/mol. The van der Waals surface area contributed by atoms with Crippen LogP contribution in [0.25, 0.3) is 5.65 Å². The van der Waals surface area contributed by atoms with E-state index in [2.05, 4.69) is 38.8 Å². The van der Waals surface area contributed by atoms with Crippen LogP contribution in [0.2, 0.25) is 0 Å². The molecule has 0 aliphatic carbocycles. The summed E-state index contributed by atoms with van der Waals surface area (Å²) in [6, 6.07) is 11.9. The molecule has 160 valence electrons. The van der Waals surface area contributed by atoms with E-state index in [0.29, 0.717) is 6.54 Å². The van der Waals surface area contributed by atoms with Gasteiger partial charge in [-0.15, -0.1) is 10.2 Å². The Morgan fingerprint density at radius 3 is 2.70 bits per heavy atom. The van der Waals surface area contributed by atoms with Gasteiger partial charge in [-0.3, -0.25) is 9.39 Å². The van der Waals surface area contributed by atoms with Gasteiger partial charge in [0.25, 0.3) is 0 Å². The van der Waals surface area contributed by atoms with Crippen molar-refractivity contribution in [2.45, 2.75) is 26.2 Å². The van der Waals surface area contributed by atoms with Gasteiger partial charge in [-0.05, 0) is 49.6 Å². The quantitative estimate of drug-likeness (QED) is 0.303. The van der Waals surface area contributed by atoms with Gasteiger partial charge in [0, 0.05) is 32.3 Å².